The molecular weight excluding hydrogens is 262 g/mol. The fourth-order valence-corrected chi connectivity index (χ4v) is 1.63. The first-order valence-electron chi connectivity index (χ1n) is 6.36. The van der Waals surface area contributed by atoms with E-state index in [1.807, 2.05) is 30.3 Å². The van der Waals surface area contributed by atoms with Crippen molar-refractivity contribution in [1.82, 2.24) is 5.32 Å². The first kappa shape index (κ1) is 16.0. The van der Waals surface area contributed by atoms with E-state index in [2.05, 4.69) is 5.32 Å². The van der Waals surface area contributed by atoms with E-state index in [1.165, 1.54) is 0 Å². The van der Waals surface area contributed by atoms with Crippen molar-refractivity contribution in [1.29, 1.82) is 0 Å². The molecule has 1 aromatic carbocycles. The van der Waals surface area contributed by atoms with Crippen molar-refractivity contribution >= 4 is 12.1 Å². The highest BCUT2D eigenvalue weighted by Crippen LogP contribution is 2.03. The number of nitrogens with one attached hydrogen (secondary N) is 1. The summed E-state index contributed by atoms with van der Waals surface area (Å²) in [5, 5.41) is 11.3. The number of benzene rings is 1. The molecule has 2 atom stereocenters. The topological polar surface area (TPSA) is 84.9 Å². The summed E-state index contributed by atoms with van der Waals surface area (Å²) in [7, 11) is 0. The molecule has 1 amide bonds. The highest BCUT2D eigenvalue weighted by Gasteiger charge is 2.27. The Morgan fingerprint density at radius 3 is 2.50 bits per heavy atom. The van der Waals surface area contributed by atoms with Crippen molar-refractivity contribution in [3.05, 3.63) is 35.9 Å². The predicted octanol–water partition coefficient (Wildman–Crippen LogP) is 1.79. The van der Waals surface area contributed by atoms with Gasteiger partial charge in [0.15, 0.2) is 6.04 Å². The van der Waals surface area contributed by atoms with Gasteiger partial charge in [0, 0.05) is 6.61 Å². The molecule has 6 heteroatoms. The molecule has 0 unspecified atom stereocenters. The molecule has 1 aromatic rings. The van der Waals surface area contributed by atoms with Gasteiger partial charge in [-0.1, -0.05) is 30.3 Å². The highest BCUT2D eigenvalue weighted by molar-refractivity contribution is 5.80. The van der Waals surface area contributed by atoms with Gasteiger partial charge in [-0.25, -0.2) is 9.59 Å². The number of carboxylic acids is 1. The standard InChI is InChI=1S/C14H19NO5/c1-3-19-10(2)12(13(16)17)15-14(18)20-9-11-7-5-4-6-8-11/h4-8,10,12H,3,9H2,1-2H3,(H,15,18)(H,16,17)/t10-,12+/m1/s1. The summed E-state index contributed by atoms with van der Waals surface area (Å²) in [5.74, 6) is -1.16. The number of amides is 1. The van der Waals surface area contributed by atoms with E-state index < -0.39 is 24.2 Å². The van der Waals surface area contributed by atoms with Gasteiger partial charge in [-0.05, 0) is 19.4 Å². The van der Waals surface area contributed by atoms with Crippen LogP contribution in [0.1, 0.15) is 19.4 Å². The fraction of sp³-hybridized carbons (Fsp3) is 0.429. The number of carbonyl (C=O) groups is 2. The van der Waals surface area contributed by atoms with Gasteiger partial charge < -0.3 is 19.9 Å². The summed E-state index contributed by atoms with van der Waals surface area (Å²) in [6, 6.07) is 7.99. The van der Waals surface area contributed by atoms with E-state index in [1.54, 1.807) is 13.8 Å². The molecular formula is C14H19NO5. The van der Waals surface area contributed by atoms with Crippen molar-refractivity contribution in [3.8, 4) is 0 Å². The number of carbonyl (C=O) groups excluding carboxylic acids is 1. The molecule has 0 saturated carbocycles. The maximum absolute atomic E-state index is 11.6. The number of hydrogen-bond acceptors (Lipinski definition) is 4. The Labute approximate surface area is 117 Å². The van der Waals surface area contributed by atoms with Crippen molar-refractivity contribution in [2.24, 2.45) is 0 Å². The molecule has 6 nitrogen and oxygen atoms in total. The minimum atomic E-state index is -1.16. The average molecular weight is 281 g/mol. The summed E-state index contributed by atoms with van der Waals surface area (Å²) in [4.78, 5) is 22.7. The third-order valence-corrected chi connectivity index (χ3v) is 2.65. The largest absolute Gasteiger partial charge is 0.480 e. The second-order valence-corrected chi connectivity index (χ2v) is 4.18. The average Bonchev–Trinajstić information content (AvgIpc) is 2.43. The number of aliphatic carboxylic acids is 1. The van der Waals surface area contributed by atoms with Crippen LogP contribution in [0.4, 0.5) is 4.79 Å². The molecule has 0 saturated heterocycles. The zero-order valence-electron chi connectivity index (χ0n) is 11.5. The number of ether oxygens (including phenoxy) is 2. The first-order chi connectivity index (χ1) is 9.54. The molecule has 0 spiro atoms. The minimum Gasteiger partial charge on any atom is -0.480 e. The molecule has 110 valence electrons. The van der Waals surface area contributed by atoms with Gasteiger partial charge in [0.05, 0.1) is 6.10 Å². The van der Waals surface area contributed by atoms with Crippen LogP contribution in [0.3, 0.4) is 0 Å². The quantitative estimate of drug-likeness (QED) is 0.796. The zero-order valence-corrected chi connectivity index (χ0v) is 11.5. The molecule has 0 aliphatic heterocycles. The van der Waals surface area contributed by atoms with Crippen LogP contribution in [0.25, 0.3) is 0 Å². The van der Waals surface area contributed by atoms with Gasteiger partial charge in [0.2, 0.25) is 0 Å². The lowest BCUT2D eigenvalue weighted by Crippen LogP contribution is -2.48. The van der Waals surface area contributed by atoms with Crippen LogP contribution < -0.4 is 5.32 Å². The molecule has 0 aliphatic rings. The van der Waals surface area contributed by atoms with Crippen LogP contribution in [-0.4, -0.2) is 35.9 Å². The first-order valence-corrected chi connectivity index (χ1v) is 6.36. The van der Waals surface area contributed by atoms with Crippen LogP contribution >= 0.6 is 0 Å². The third kappa shape index (κ3) is 5.27. The fourth-order valence-electron chi connectivity index (χ4n) is 1.63. The van der Waals surface area contributed by atoms with E-state index in [-0.39, 0.29) is 6.61 Å². The van der Waals surface area contributed by atoms with E-state index in [0.29, 0.717) is 6.61 Å². The summed E-state index contributed by atoms with van der Waals surface area (Å²) < 4.78 is 10.1. The lowest BCUT2D eigenvalue weighted by Gasteiger charge is -2.20. The summed E-state index contributed by atoms with van der Waals surface area (Å²) in [6.07, 6.45) is -1.42. The molecule has 0 fully saturated rings. The normalized spacial score (nSPS) is 13.3. The summed E-state index contributed by atoms with van der Waals surface area (Å²) in [6.45, 7) is 3.79. The van der Waals surface area contributed by atoms with Crippen molar-refractivity contribution in [3.63, 3.8) is 0 Å². The second kappa shape index (κ2) is 8.16. The Balaban J connectivity index is 2.48. The van der Waals surface area contributed by atoms with E-state index >= 15 is 0 Å². The molecule has 0 radical (unpaired) electrons. The van der Waals surface area contributed by atoms with Crippen molar-refractivity contribution in [2.75, 3.05) is 6.61 Å². The molecule has 1 rings (SSSR count). The summed E-state index contributed by atoms with van der Waals surface area (Å²) in [5.41, 5.74) is 0.826. The Morgan fingerprint density at radius 1 is 1.30 bits per heavy atom. The Bertz CT molecular complexity index is 434. The zero-order chi connectivity index (χ0) is 15.0. The number of rotatable bonds is 7. The third-order valence-electron chi connectivity index (χ3n) is 2.65. The van der Waals surface area contributed by atoms with E-state index in [9.17, 15) is 9.59 Å². The number of carboxylic acid groups (broad SMARTS) is 1. The second-order valence-electron chi connectivity index (χ2n) is 4.18. The van der Waals surface area contributed by atoms with Crippen LogP contribution in [0.5, 0.6) is 0 Å². The van der Waals surface area contributed by atoms with Crippen LogP contribution in [-0.2, 0) is 20.9 Å². The van der Waals surface area contributed by atoms with Gasteiger partial charge in [0.1, 0.15) is 6.61 Å². The number of alkyl carbamates (subject to hydrolysis) is 1. The number of hydrogen-bond donors (Lipinski definition) is 2. The molecule has 20 heavy (non-hydrogen) atoms. The van der Waals surface area contributed by atoms with Crippen molar-refractivity contribution in [2.45, 2.75) is 32.6 Å². The Morgan fingerprint density at radius 2 is 1.95 bits per heavy atom. The van der Waals surface area contributed by atoms with E-state index in [4.69, 9.17) is 14.6 Å². The van der Waals surface area contributed by atoms with Crippen LogP contribution in [0.2, 0.25) is 0 Å². The predicted molar refractivity (Wildman–Crippen MR) is 72.3 cm³/mol. The smallest absolute Gasteiger partial charge is 0.408 e. The molecule has 0 aromatic heterocycles. The Kier molecular flexibility index (Phi) is 6.52. The van der Waals surface area contributed by atoms with Crippen LogP contribution in [0.15, 0.2) is 30.3 Å². The Hall–Kier alpha value is -2.08. The minimum absolute atomic E-state index is 0.0853. The van der Waals surface area contributed by atoms with Gasteiger partial charge in [-0.15, -0.1) is 0 Å². The maximum Gasteiger partial charge on any atom is 0.408 e. The van der Waals surface area contributed by atoms with Crippen LogP contribution in [0, 0.1) is 0 Å². The lowest BCUT2D eigenvalue weighted by molar-refractivity contribution is -0.143. The van der Waals surface area contributed by atoms with E-state index in [0.717, 1.165) is 5.56 Å². The summed E-state index contributed by atoms with van der Waals surface area (Å²) >= 11 is 0. The molecule has 2 N–H and O–H groups in total. The van der Waals surface area contributed by atoms with Gasteiger partial charge in [0.25, 0.3) is 0 Å². The molecule has 0 heterocycles. The van der Waals surface area contributed by atoms with Gasteiger partial charge in [-0.3, -0.25) is 0 Å². The monoisotopic (exact) mass is 281 g/mol. The highest BCUT2D eigenvalue weighted by atomic mass is 16.5. The maximum atomic E-state index is 11.6. The van der Waals surface area contributed by atoms with Crippen molar-refractivity contribution < 1.29 is 24.2 Å². The van der Waals surface area contributed by atoms with Gasteiger partial charge >= 0.3 is 12.1 Å². The van der Waals surface area contributed by atoms with Gasteiger partial charge in [-0.2, -0.15) is 0 Å². The molecule has 0 aliphatic carbocycles. The molecule has 0 bridgehead atoms. The lowest BCUT2D eigenvalue weighted by atomic mass is 10.2. The SMILES string of the molecule is CCO[C@H](C)[C@H](NC(=O)OCc1ccccc1)C(=O)O.